The van der Waals surface area contributed by atoms with E-state index in [2.05, 4.69) is 10.4 Å². The fraction of sp³-hybridized carbons (Fsp3) is 0.385. The van der Waals surface area contributed by atoms with Crippen molar-refractivity contribution >= 4 is 5.97 Å². The second-order valence-electron chi connectivity index (χ2n) is 7.92. The van der Waals surface area contributed by atoms with Gasteiger partial charge in [0.2, 0.25) is 5.88 Å². The molecule has 1 fully saturated rings. The number of esters is 1. The van der Waals surface area contributed by atoms with E-state index in [0.717, 1.165) is 35.7 Å². The Kier molecular flexibility index (Phi) is 8.72. The van der Waals surface area contributed by atoms with Gasteiger partial charge >= 0.3 is 5.97 Å². The first-order chi connectivity index (χ1) is 17.2. The number of hydrogen-bond acceptors (Lipinski definition) is 8. The molecule has 9 nitrogen and oxygen atoms in total. The van der Waals surface area contributed by atoms with Crippen molar-refractivity contribution < 1.29 is 28.5 Å². The lowest BCUT2D eigenvalue weighted by Gasteiger charge is -2.23. The van der Waals surface area contributed by atoms with E-state index in [9.17, 15) is 4.79 Å². The first-order valence-electron chi connectivity index (χ1n) is 11.7. The summed E-state index contributed by atoms with van der Waals surface area (Å²) in [5.41, 5.74) is 2.96. The summed E-state index contributed by atoms with van der Waals surface area (Å²) >= 11 is 0. The van der Waals surface area contributed by atoms with Crippen LogP contribution in [0.4, 0.5) is 0 Å². The molecule has 0 radical (unpaired) electrons. The average molecular weight is 482 g/mol. The van der Waals surface area contributed by atoms with Gasteiger partial charge in [0.25, 0.3) is 0 Å². The van der Waals surface area contributed by atoms with E-state index in [1.165, 1.54) is 6.20 Å². The lowest BCUT2D eigenvalue weighted by molar-refractivity contribution is 0.0153. The summed E-state index contributed by atoms with van der Waals surface area (Å²) in [4.78, 5) is 12.5. The Labute approximate surface area is 204 Å². The van der Waals surface area contributed by atoms with Gasteiger partial charge in [-0.25, -0.2) is 9.48 Å². The Bertz CT molecular complexity index is 1090. The first kappa shape index (κ1) is 24.7. The zero-order valence-corrected chi connectivity index (χ0v) is 20.1. The molecular formula is C26H31N3O6. The number of morpholine rings is 1. The number of methoxy groups -OCH3 is 1. The van der Waals surface area contributed by atoms with E-state index in [1.807, 2.05) is 48.5 Å². The number of carbonyl (C=O) groups is 1. The molecule has 35 heavy (non-hydrogen) atoms. The predicted molar refractivity (Wildman–Crippen MR) is 130 cm³/mol. The first-order valence-corrected chi connectivity index (χ1v) is 11.7. The van der Waals surface area contributed by atoms with Gasteiger partial charge in [-0.3, -0.25) is 0 Å². The van der Waals surface area contributed by atoms with Crippen LogP contribution in [0.1, 0.15) is 23.7 Å². The van der Waals surface area contributed by atoms with Crippen LogP contribution in [0.5, 0.6) is 11.6 Å². The summed E-state index contributed by atoms with van der Waals surface area (Å²) in [6.07, 6.45) is 2.25. The molecule has 1 N–H and O–H groups in total. The van der Waals surface area contributed by atoms with Gasteiger partial charge in [0.05, 0.1) is 37.8 Å². The highest BCUT2D eigenvalue weighted by Crippen LogP contribution is 2.31. The van der Waals surface area contributed by atoms with E-state index in [0.29, 0.717) is 25.5 Å². The average Bonchev–Trinajstić information content (AvgIpc) is 3.32. The molecule has 1 unspecified atom stereocenters. The van der Waals surface area contributed by atoms with Crippen molar-refractivity contribution in [2.24, 2.45) is 0 Å². The number of carbonyl (C=O) groups excluding carboxylic acids is 1. The Morgan fingerprint density at radius 3 is 2.74 bits per heavy atom. The SMILES string of the molecule is CCOC(=O)c1cnn(-c2ccc(-c3ccccc3OCOC)cc2)c1OCCC1CNCCO1. The van der Waals surface area contributed by atoms with Crippen LogP contribution in [-0.2, 0) is 14.2 Å². The van der Waals surface area contributed by atoms with Crippen molar-refractivity contribution in [3.63, 3.8) is 0 Å². The quantitative estimate of drug-likeness (QED) is 0.329. The normalized spacial score (nSPS) is 15.5. The minimum absolute atomic E-state index is 0.0749. The molecule has 1 aliphatic rings. The lowest BCUT2D eigenvalue weighted by atomic mass is 10.0. The van der Waals surface area contributed by atoms with Crippen molar-refractivity contribution in [1.29, 1.82) is 0 Å². The monoisotopic (exact) mass is 481 g/mol. The Hall–Kier alpha value is -3.40. The Morgan fingerprint density at radius 2 is 2.00 bits per heavy atom. The van der Waals surface area contributed by atoms with Crippen molar-refractivity contribution in [3.05, 3.63) is 60.3 Å². The van der Waals surface area contributed by atoms with Crippen LogP contribution in [0, 0.1) is 0 Å². The smallest absolute Gasteiger partial charge is 0.345 e. The highest BCUT2D eigenvalue weighted by atomic mass is 16.7. The number of para-hydroxylation sites is 1. The largest absolute Gasteiger partial charge is 0.477 e. The summed E-state index contributed by atoms with van der Waals surface area (Å²) in [7, 11) is 1.59. The zero-order chi connectivity index (χ0) is 24.5. The van der Waals surface area contributed by atoms with Crippen LogP contribution < -0.4 is 14.8 Å². The molecule has 3 aromatic rings. The van der Waals surface area contributed by atoms with E-state index in [-0.39, 0.29) is 25.1 Å². The summed E-state index contributed by atoms with van der Waals surface area (Å²) < 4.78 is 29.4. The number of nitrogens with one attached hydrogen (secondary N) is 1. The minimum Gasteiger partial charge on any atom is -0.477 e. The second kappa shape index (κ2) is 12.3. The highest BCUT2D eigenvalue weighted by molar-refractivity contribution is 5.92. The number of nitrogens with zero attached hydrogens (tertiary/aromatic N) is 2. The molecule has 2 heterocycles. The van der Waals surface area contributed by atoms with E-state index < -0.39 is 5.97 Å². The molecule has 1 aromatic heterocycles. The number of rotatable bonds is 11. The molecule has 1 saturated heterocycles. The van der Waals surface area contributed by atoms with Crippen molar-refractivity contribution in [2.45, 2.75) is 19.4 Å². The van der Waals surface area contributed by atoms with Crippen molar-refractivity contribution in [2.75, 3.05) is 46.8 Å². The van der Waals surface area contributed by atoms with Gasteiger partial charge < -0.3 is 29.0 Å². The molecule has 1 atom stereocenters. The van der Waals surface area contributed by atoms with Gasteiger partial charge in [-0.1, -0.05) is 30.3 Å². The van der Waals surface area contributed by atoms with Gasteiger partial charge in [0.15, 0.2) is 6.79 Å². The summed E-state index contributed by atoms with van der Waals surface area (Å²) in [6.45, 7) is 4.91. The lowest BCUT2D eigenvalue weighted by Crippen LogP contribution is -2.39. The molecule has 0 saturated carbocycles. The molecule has 0 amide bonds. The maximum atomic E-state index is 12.5. The third-order valence-corrected chi connectivity index (χ3v) is 5.55. The van der Waals surface area contributed by atoms with Gasteiger partial charge in [0, 0.05) is 32.2 Å². The number of ether oxygens (including phenoxy) is 5. The van der Waals surface area contributed by atoms with E-state index >= 15 is 0 Å². The van der Waals surface area contributed by atoms with Gasteiger partial charge in [-0.05, 0) is 30.7 Å². The maximum Gasteiger partial charge on any atom is 0.345 e. The molecule has 186 valence electrons. The molecule has 0 bridgehead atoms. The van der Waals surface area contributed by atoms with Crippen LogP contribution in [-0.4, -0.2) is 68.7 Å². The molecule has 4 rings (SSSR count). The summed E-state index contributed by atoms with van der Waals surface area (Å²) in [5, 5.41) is 7.73. The Morgan fingerprint density at radius 1 is 1.17 bits per heavy atom. The summed E-state index contributed by atoms with van der Waals surface area (Å²) in [5.74, 6) is 0.614. The number of benzene rings is 2. The fourth-order valence-electron chi connectivity index (χ4n) is 3.84. The number of aromatic nitrogens is 2. The maximum absolute atomic E-state index is 12.5. The third-order valence-electron chi connectivity index (χ3n) is 5.55. The van der Waals surface area contributed by atoms with E-state index in [1.54, 1.807) is 18.7 Å². The topological polar surface area (TPSA) is 93.1 Å². The van der Waals surface area contributed by atoms with Crippen molar-refractivity contribution in [1.82, 2.24) is 15.1 Å². The fourth-order valence-corrected chi connectivity index (χ4v) is 3.84. The number of hydrogen-bond donors (Lipinski definition) is 1. The second-order valence-corrected chi connectivity index (χ2v) is 7.92. The zero-order valence-electron chi connectivity index (χ0n) is 20.1. The molecular weight excluding hydrogens is 450 g/mol. The van der Waals surface area contributed by atoms with Gasteiger partial charge in [-0.2, -0.15) is 5.10 Å². The molecule has 0 aliphatic carbocycles. The Balaban J connectivity index is 1.56. The third kappa shape index (κ3) is 6.19. The van der Waals surface area contributed by atoms with Crippen LogP contribution in [0.3, 0.4) is 0 Å². The predicted octanol–water partition coefficient (Wildman–Crippen LogP) is 3.46. The van der Waals surface area contributed by atoms with Crippen LogP contribution in [0.15, 0.2) is 54.7 Å². The highest BCUT2D eigenvalue weighted by Gasteiger charge is 2.22. The van der Waals surface area contributed by atoms with E-state index in [4.69, 9.17) is 23.7 Å². The van der Waals surface area contributed by atoms with Gasteiger partial charge in [-0.15, -0.1) is 0 Å². The summed E-state index contributed by atoms with van der Waals surface area (Å²) in [6, 6.07) is 15.6. The molecule has 0 spiro atoms. The van der Waals surface area contributed by atoms with Crippen molar-refractivity contribution in [3.8, 4) is 28.4 Å². The van der Waals surface area contributed by atoms with Gasteiger partial charge in [0.1, 0.15) is 11.3 Å². The van der Waals surface area contributed by atoms with Crippen LogP contribution in [0.2, 0.25) is 0 Å². The minimum atomic E-state index is -0.467. The molecule has 9 heteroatoms. The van der Waals surface area contributed by atoms with Crippen LogP contribution in [0.25, 0.3) is 16.8 Å². The van der Waals surface area contributed by atoms with Crippen LogP contribution >= 0.6 is 0 Å². The molecule has 1 aliphatic heterocycles. The molecule has 2 aromatic carbocycles. The standard InChI is InChI=1S/C26H31N3O6/c1-3-32-26(30)23-17-28-29(25(23)34-14-12-21-16-27-13-15-33-21)20-10-8-19(9-11-20)22-6-4-5-7-24(22)35-18-31-2/h4-11,17,21,27H,3,12-16,18H2,1-2H3.